The SMILES string of the molecule is CN(C)C(=N)c1ccccc1C=O. The van der Waals surface area contributed by atoms with E-state index in [9.17, 15) is 4.79 Å². The molecule has 1 aromatic rings. The monoisotopic (exact) mass is 176 g/mol. The number of nitrogens with zero attached hydrogens (tertiary/aromatic N) is 1. The van der Waals surface area contributed by atoms with E-state index in [1.807, 2.05) is 6.07 Å². The van der Waals surface area contributed by atoms with Crippen LogP contribution in [0.4, 0.5) is 0 Å². The molecule has 0 atom stereocenters. The van der Waals surface area contributed by atoms with Gasteiger partial charge < -0.3 is 4.90 Å². The van der Waals surface area contributed by atoms with Gasteiger partial charge in [0.2, 0.25) is 0 Å². The zero-order valence-electron chi connectivity index (χ0n) is 7.74. The van der Waals surface area contributed by atoms with E-state index in [-0.39, 0.29) is 0 Å². The fourth-order valence-corrected chi connectivity index (χ4v) is 1.06. The van der Waals surface area contributed by atoms with Gasteiger partial charge in [-0.15, -0.1) is 0 Å². The van der Waals surface area contributed by atoms with Crippen molar-refractivity contribution in [3.05, 3.63) is 35.4 Å². The van der Waals surface area contributed by atoms with Crippen molar-refractivity contribution in [2.45, 2.75) is 0 Å². The summed E-state index contributed by atoms with van der Waals surface area (Å²) in [4.78, 5) is 12.3. The van der Waals surface area contributed by atoms with Gasteiger partial charge in [-0.1, -0.05) is 24.3 Å². The number of hydrogen-bond donors (Lipinski definition) is 1. The van der Waals surface area contributed by atoms with E-state index in [2.05, 4.69) is 0 Å². The number of amidine groups is 1. The van der Waals surface area contributed by atoms with Gasteiger partial charge >= 0.3 is 0 Å². The quantitative estimate of drug-likeness (QED) is 0.420. The molecule has 0 unspecified atom stereocenters. The van der Waals surface area contributed by atoms with Crippen molar-refractivity contribution in [1.29, 1.82) is 5.41 Å². The molecule has 0 aliphatic heterocycles. The number of carbonyl (C=O) groups is 1. The minimum atomic E-state index is 0.350. The largest absolute Gasteiger partial charge is 0.363 e. The molecule has 0 heterocycles. The standard InChI is InChI=1S/C10H12N2O/c1-12(2)10(11)9-6-4-3-5-8(9)7-13/h3-7,11H,1-2H3. The highest BCUT2D eigenvalue weighted by Gasteiger charge is 2.07. The Morgan fingerprint density at radius 2 is 2.00 bits per heavy atom. The van der Waals surface area contributed by atoms with Gasteiger partial charge in [-0.2, -0.15) is 0 Å². The van der Waals surface area contributed by atoms with Gasteiger partial charge in [-0.05, 0) is 0 Å². The average Bonchev–Trinajstić information content (AvgIpc) is 2.16. The predicted molar refractivity (Wildman–Crippen MR) is 52.3 cm³/mol. The molecule has 0 bridgehead atoms. The summed E-state index contributed by atoms with van der Waals surface area (Å²) >= 11 is 0. The first-order valence-corrected chi connectivity index (χ1v) is 3.97. The van der Waals surface area contributed by atoms with Crippen molar-refractivity contribution in [3.63, 3.8) is 0 Å². The van der Waals surface area contributed by atoms with Gasteiger partial charge in [0.15, 0.2) is 6.29 Å². The molecular weight excluding hydrogens is 164 g/mol. The molecule has 0 aliphatic carbocycles. The molecule has 3 heteroatoms. The molecule has 0 aromatic heterocycles. The Morgan fingerprint density at radius 3 is 2.54 bits per heavy atom. The second kappa shape index (κ2) is 3.85. The van der Waals surface area contributed by atoms with E-state index in [1.165, 1.54) is 0 Å². The highest BCUT2D eigenvalue weighted by atomic mass is 16.1. The molecule has 1 aromatic carbocycles. The second-order valence-corrected chi connectivity index (χ2v) is 2.95. The van der Waals surface area contributed by atoms with Crippen LogP contribution in [-0.4, -0.2) is 31.1 Å². The van der Waals surface area contributed by atoms with E-state index in [1.54, 1.807) is 37.2 Å². The number of aldehydes is 1. The topological polar surface area (TPSA) is 44.2 Å². The molecule has 68 valence electrons. The molecule has 1 rings (SSSR count). The Bertz CT molecular complexity index is 331. The van der Waals surface area contributed by atoms with Crippen molar-refractivity contribution in [1.82, 2.24) is 4.90 Å². The van der Waals surface area contributed by atoms with E-state index in [0.717, 1.165) is 6.29 Å². The van der Waals surface area contributed by atoms with Gasteiger partial charge in [0.05, 0.1) is 0 Å². The van der Waals surface area contributed by atoms with Gasteiger partial charge in [-0.3, -0.25) is 10.2 Å². The van der Waals surface area contributed by atoms with E-state index < -0.39 is 0 Å². The lowest BCUT2D eigenvalue weighted by Gasteiger charge is -2.14. The van der Waals surface area contributed by atoms with Crippen molar-refractivity contribution in [2.75, 3.05) is 14.1 Å². The van der Waals surface area contributed by atoms with E-state index in [0.29, 0.717) is 17.0 Å². The van der Waals surface area contributed by atoms with Gasteiger partial charge in [0.1, 0.15) is 5.84 Å². The molecule has 0 spiro atoms. The van der Waals surface area contributed by atoms with Crippen LogP contribution in [-0.2, 0) is 0 Å². The zero-order chi connectivity index (χ0) is 9.84. The van der Waals surface area contributed by atoms with Gasteiger partial charge in [-0.25, -0.2) is 0 Å². The molecule has 0 radical (unpaired) electrons. The summed E-state index contributed by atoms with van der Waals surface area (Å²) in [6.07, 6.45) is 0.771. The van der Waals surface area contributed by atoms with Crippen LogP contribution in [0.25, 0.3) is 0 Å². The molecule has 0 aliphatic rings. The highest BCUT2D eigenvalue weighted by molar-refractivity contribution is 6.02. The fraction of sp³-hybridized carbons (Fsp3) is 0.200. The van der Waals surface area contributed by atoms with Crippen LogP contribution < -0.4 is 0 Å². The highest BCUT2D eigenvalue weighted by Crippen LogP contribution is 2.07. The summed E-state index contributed by atoms with van der Waals surface area (Å²) < 4.78 is 0. The lowest BCUT2D eigenvalue weighted by atomic mass is 10.1. The zero-order valence-corrected chi connectivity index (χ0v) is 7.74. The summed E-state index contributed by atoms with van der Waals surface area (Å²) in [6.45, 7) is 0. The van der Waals surface area contributed by atoms with Crippen LogP contribution in [0, 0.1) is 5.41 Å². The third-order valence-corrected chi connectivity index (χ3v) is 1.79. The Hall–Kier alpha value is -1.64. The molecule has 1 N–H and O–H groups in total. The first-order valence-electron chi connectivity index (χ1n) is 3.97. The predicted octanol–water partition coefficient (Wildman–Crippen LogP) is 1.39. The normalized spacial score (nSPS) is 9.38. The van der Waals surface area contributed by atoms with Crippen molar-refractivity contribution in [2.24, 2.45) is 0 Å². The molecule has 3 nitrogen and oxygen atoms in total. The Kier molecular flexibility index (Phi) is 2.80. The maximum atomic E-state index is 10.6. The van der Waals surface area contributed by atoms with Crippen molar-refractivity contribution >= 4 is 12.1 Å². The summed E-state index contributed by atoms with van der Waals surface area (Å²) in [5.74, 6) is 0.350. The van der Waals surface area contributed by atoms with Crippen LogP contribution in [0.3, 0.4) is 0 Å². The fourth-order valence-electron chi connectivity index (χ4n) is 1.06. The molecular formula is C10H12N2O. The van der Waals surface area contributed by atoms with Crippen LogP contribution >= 0.6 is 0 Å². The molecule has 0 fully saturated rings. The Morgan fingerprint density at radius 1 is 1.38 bits per heavy atom. The number of nitrogens with one attached hydrogen (secondary N) is 1. The smallest absolute Gasteiger partial charge is 0.150 e. The maximum Gasteiger partial charge on any atom is 0.150 e. The van der Waals surface area contributed by atoms with E-state index >= 15 is 0 Å². The summed E-state index contributed by atoms with van der Waals surface area (Å²) in [6, 6.07) is 7.09. The summed E-state index contributed by atoms with van der Waals surface area (Å²) in [5, 5.41) is 7.70. The van der Waals surface area contributed by atoms with Gasteiger partial charge in [0, 0.05) is 25.2 Å². The lowest BCUT2D eigenvalue weighted by Crippen LogP contribution is -2.22. The lowest BCUT2D eigenvalue weighted by molar-refractivity contribution is 0.112. The molecule has 0 saturated heterocycles. The van der Waals surface area contributed by atoms with Crippen LogP contribution in [0.15, 0.2) is 24.3 Å². The minimum absolute atomic E-state index is 0.350. The van der Waals surface area contributed by atoms with E-state index in [4.69, 9.17) is 5.41 Å². The second-order valence-electron chi connectivity index (χ2n) is 2.95. The maximum absolute atomic E-state index is 10.6. The minimum Gasteiger partial charge on any atom is -0.363 e. The number of carbonyl (C=O) groups excluding carboxylic acids is 1. The van der Waals surface area contributed by atoms with Crippen LogP contribution in [0.2, 0.25) is 0 Å². The molecule has 0 amide bonds. The van der Waals surface area contributed by atoms with Crippen molar-refractivity contribution in [3.8, 4) is 0 Å². The summed E-state index contributed by atoms with van der Waals surface area (Å²) in [5.41, 5.74) is 1.23. The van der Waals surface area contributed by atoms with Crippen LogP contribution in [0.5, 0.6) is 0 Å². The Balaban J connectivity index is 3.13. The average molecular weight is 176 g/mol. The first kappa shape index (κ1) is 9.45. The van der Waals surface area contributed by atoms with Crippen molar-refractivity contribution < 1.29 is 4.79 Å². The third-order valence-electron chi connectivity index (χ3n) is 1.79. The Labute approximate surface area is 77.5 Å². The molecule has 0 saturated carbocycles. The first-order chi connectivity index (χ1) is 6.16. The molecule has 13 heavy (non-hydrogen) atoms. The number of rotatable bonds is 2. The van der Waals surface area contributed by atoms with Gasteiger partial charge in [0.25, 0.3) is 0 Å². The third kappa shape index (κ3) is 1.93. The number of hydrogen-bond acceptors (Lipinski definition) is 2. The summed E-state index contributed by atoms with van der Waals surface area (Å²) in [7, 11) is 3.56. The number of benzene rings is 1. The van der Waals surface area contributed by atoms with Crippen LogP contribution in [0.1, 0.15) is 15.9 Å².